The van der Waals surface area contributed by atoms with Crippen molar-refractivity contribution in [2.24, 2.45) is 0 Å². The Morgan fingerprint density at radius 3 is 2.57 bits per heavy atom. The summed E-state index contributed by atoms with van der Waals surface area (Å²) in [5.74, 6) is -1.77. The van der Waals surface area contributed by atoms with Gasteiger partial charge in [0.2, 0.25) is 0 Å². The molecule has 0 aliphatic carbocycles. The van der Waals surface area contributed by atoms with Crippen LogP contribution in [0.15, 0.2) is 12.4 Å². The first-order valence-corrected chi connectivity index (χ1v) is 6.81. The van der Waals surface area contributed by atoms with Crippen molar-refractivity contribution in [1.29, 1.82) is 0 Å². The summed E-state index contributed by atoms with van der Waals surface area (Å²) in [4.78, 5) is 32.6. The molecule has 8 heteroatoms. The second kappa shape index (κ2) is 7.65. The Balaban J connectivity index is 1.78. The van der Waals surface area contributed by atoms with Gasteiger partial charge in [-0.05, 0) is 13.0 Å². The quantitative estimate of drug-likeness (QED) is 0.689. The first kappa shape index (κ1) is 15.3. The van der Waals surface area contributed by atoms with Crippen molar-refractivity contribution >= 4 is 11.9 Å². The second-order valence-corrected chi connectivity index (χ2v) is 4.62. The van der Waals surface area contributed by atoms with Crippen LogP contribution in [0, 0.1) is 0 Å². The molecule has 1 aromatic rings. The van der Waals surface area contributed by atoms with Crippen LogP contribution in [0.1, 0.15) is 27.4 Å². The molecular formula is C13H18N4O4. The van der Waals surface area contributed by atoms with Gasteiger partial charge < -0.3 is 15.2 Å². The fraction of sp³-hybridized carbons (Fsp3) is 0.538. The van der Waals surface area contributed by atoms with Crippen molar-refractivity contribution in [3.05, 3.63) is 23.8 Å². The van der Waals surface area contributed by atoms with E-state index in [4.69, 9.17) is 9.84 Å². The Labute approximate surface area is 122 Å². The van der Waals surface area contributed by atoms with Gasteiger partial charge in [0.25, 0.3) is 5.91 Å². The number of carbonyl (C=O) groups is 2. The second-order valence-electron chi connectivity index (χ2n) is 4.62. The van der Waals surface area contributed by atoms with Gasteiger partial charge in [0.1, 0.15) is 0 Å². The molecule has 1 saturated heterocycles. The van der Waals surface area contributed by atoms with E-state index in [2.05, 4.69) is 20.2 Å². The number of nitrogens with zero attached hydrogens (tertiary/aromatic N) is 3. The van der Waals surface area contributed by atoms with E-state index in [1.807, 2.05) is 0 Å². The molecule has 0 unspecified atom stereocenters. The topological polar surface area (TPSA) is 105 Å². The molecule has 0 radical (unpaired) electrons. The number of ether oxygens (including phenoxy) is 1. The average molecular weight is 294 g/mol. The highest BCUT2D eigenvalue weighted by molar-refractivity contribution is 6.01. The minimum atomic E-state index is -1.26. The van der Waals surface area contributed by atoms with Crippen molar-refractivity contribution in [3.8, 4) is 0 Å². The Bertz CT molecular complexity index is 503. The normalized spacial score (nSPS) is 15.6. The molecule has 114 valence electrons. The first-order chi connectivity index (χ1) is 10.2. The molecule has 0 aromatic carbocycles. The minimum absolute atomic E-state index is 0.156. The molecule has 2 heterocycles. The number of rotatable bonds is 6. The van der Waals surface area contributed by atoms with Crippen LogP contribution >= 0.6 is 0 Å². The zero-order chi connectivity index (χ0) is 15.1. The van der Waals surface area contributed by atoms with Gasteiger partial charge in [0.15, 0.2) is 11.4 Å². The average Bonchev–Trinajstić information content (AvgIpc) is 2.52. The molecule has 1 aliphatic rings. The van der Waals surface area contributed by atoms with E-state index >= 15 is 0 Å². The van der Waals surface area contributed by atoms with E-state index in [0.717, 1.165) is 39.3 Å². The number of morpholine rings is 1. The van der Waals surface area contributed by atoms with Crippen LogP contribution in [-0.2, 0) is 4.74 Å². The van der Waals surface area contributed by atoms with Crippen molar-refractivity contribution in [3.63, 3.8) is 0 Å². The number of nitrogens with one attached hydrogen (secondary N) is 1. The maximum atomic E-state index is 11.9. The summed E-state index contributed by atoms with van der Waals surface area (Å²) in [6, 6.07) is 0. The third-order valence-corrected chi connectivity index (χ3v) is 3.16. The SMILES string of the molecule is O=C(O)c1nccnc1C(=O)NCCCN1CCOCC1. The molecule has 2 N–H and O–H groups in total. The van der Waals surface area contributed by atoms with E-state index in [-0.39, 0.29) is 11.4 Å². The number of amides is 1. The number of hydrogen-bond donors (Lipinski definition) is 2. The Morgan fingerprint density at radius 2 is 1.90 bits per heavy atom. The van der Waals surface area contributed by atoms with Gasteiger partial charge in [-0.15, -0.1) is 0 Å². The van der Waals surface area contributed by atoms with Crippen molar-refractivity contribution in [2.75, 3.05) is 39.4 Å². The Kier molecular flexibility index (Phi) is 5.59. The van der Waals surface area contributed by atoms with Crippen LogP contribution in [0.5, 0.6) is 0 Å². The van der Waals surface area contributed by atoms with Crippen LogP contribution < -0.4 is 5.32 Å². The largest absolute Gasteiger partial charge is 0.476 e. The predicted molar refractivity (Wildman–Crippen MR) is 73.2 cm³/mol. The molecule has 1 amide bonds. The number of carbonyl (C=O) groups excluding carboxylic acids is 1. The van der Waals surface area contributed by atoms with Gasteiger partial charge in [-0.1, -0.05) is 0 Å². The van der Waals surface area contributed by atoms with Gasteiger partial charge in [-0.2, -0.15) is 0 Å². The number of carboxylic acids is 1. The standard InChI is InChI=1S/C13H18N4O4/c18-12(10-11(13(19)20)15-4-3-14-10)16-2-1-5-17-6-8-21-9-7-17/h3-4H,1-2,5-9H2,(H,16,18)(H,19,20). The van der Waals surface area contributed by atoms with E-state index < -0.39 is 11.9 Å². The molecular weight excluding hydrogens is 276 g/mol. The molecule has 21 heavy (non-hydrogen) atoms. The Hall–Kier alpha value is -2.06. The smallest absolute Gasteiger partial charge is 0.356 e. The molecule has 0 atom stereocenters. The molecule has 1 aliphatic heterocycles. The first-order valence-electron chi connectivity index (χ1n) is 6.81. The van der Waals surface area contributed by atoms with Gasteiger partial charge >= 0.3 is 5.97 Å². The van der Waals surface area contributed by atoms with Crippen LogP contribution in [-0.4, -0.2) is 71.2 Å². The lowest BCUT2D eigenvalue weighted by atomic mass is 10.2. The summed E-state index contributed by atoms with van der Waals surface area (Å²) < 4.78 is 5.26. The number of carboxylic acid groups (broad SMARTS) is 1. The van der Waals surface area contributed by atoms with Gasteiger partial charge in [-0.25, -0.2) is 14.8 Å². The van der Waals surface area contributed by atoms with Crippen LogP contribution in [0.3, 0.4) is 0 Å². The molecule has 8 nitrogen and oxygen atoms in total. The van der Waals surface area contributed by atoms with Gasteiger partial charge in [0, 0.05) is 32.0 Å². The molecule has 0 saturated carbocycles. The molecule has 1 aromatic heterocycles. The lowest BCUT2D eigenvalue weighted by Crippen LogP contribution is -2.38. The molecule has 2 rings (SSSR count). The summed E-state index contributed by atoms with van der Waals surface area (Å²) in [5, 5.41) is 11.6. The summed E-state index contributed by atoms with van der Waals surface area (Å²) in [5.41, 5.74) is -0.487. The molecule has 0 spiro atoms. The van der Waals surface area contributed by atoms with Gasteiger partial charge in [0.05, 0.1) is 13.2 Å². The number of aromatic carboxylic acids is 1. The zero-order valence-electron chi connectivity index (χ0n) is 11.6. The van der Waals surface area contributed by atoms with E-state index in [1.165, 1.54) is 12.4 Å². The zero-order valence-corrected chi connectivity index (χ0v) is 11.6. The van der Waals surface area contributed by atoms with E-state index in [0.29, 0.717) is 6.54 Å². The highest BCUT2D eigenvalue weighted by atomic mass is 16.5. The summed E-state index contributed by atoms with van der Waals surface area (Å²) in [7, 11) is 0. The summed E-state index contributed by atoms with van der Waals surface area (Å²) >= 11 is 0. The molecule has 1 fully saturated rings. The summed E-state index contributed by atoms with van der Waals surface area (Å²) in [6.45, 7) is 4.63. The minimum Gasteiger partial charge on any atom is -0.476 e. The van der Waals surface area contributed by atoms with E-state index in [9.17, 15) is 9.59 Å². The maximum absolute atomic E-state index is 11.9. The fourth-order valence-electron chi connectivity index (χ4n) is 2.07. The highest BCUT2D eigenvalue weighted by Crippen LogP contribution is 2.02. The van der Waals surface area contributed by atoms with Gasteiger partial charge in [-0.3, -0.25) is 9.69 Å². The van der Waals surface area contributed by atoms with Crippen LogP contribution in [0.2, 0.25) is 0 Å². The third kappa shape index (κ3) is 4.47. The predicted octanol–water partition coefficient (Wildman–Crippen LogP) is -0.373. The number of hydrogen-bond acceptors (Lipinski definition) is 6. The number of aromatic nitrogens is 2. The summed E-state index contributed by atoms with van der Waals surface area (Å²) in [6.07, 6.45) is 3.34. The molecule has 0 bridgehead atoms. The Morgan fingerprint density at radius 1 is 1.24 bits per heavy atom. The maximum Gasteiger partial charge on any atom is 0.356 e. The monoisotopic (exact) mass is 294 g/mol. The highest BCUT2D eigenvalue weighted by Gasteiger charge is 2.19. The lowest BCUT2D eigenvalue weighted by Gasteiger charge is -2.26. The van der Waals surface area contributed by atoms with Crippen molar-refractivity contribution < 1.29 is 19.4 Å². The van der Waals surface area contributed by atoms with Crippen molar-refractivity contribution in [1.82, 2.24) is 20.2 Å². The fourth-order valence-corrected chi connectivity index (χ4v) is 2.07. The van der Waals surface area contributed by atoms with Crippen LogP contribution in [0.25, 0.3) is 0 Å². The lowest BCUT2D eigenvalue weighted by molar-refractivity contribution is 0.0374. The third-order valence-electron chi connectivity index (χ3n) is 3.16. The van der Waals surface area contributed by atoms with E-state index in [1.54, 1.807) is 0 Å². The van der Waals surface area contributed by atoms with Crippen LogP contribution in [0.4, 0.5) is 0 Å². The van der Waals surface area contributed by atoms with Crippen molar-refractivity contribution in [2.45, 2.75) is 6.42 Å².